The lowest BCUT2D eigenvalue weighted by atomic mass is 9.92. The summed E-state index contributed by atoms with van der Waals surface area (Å²) in [5.41, 5.74) is 3.04. The first-order valence-electron chi connectivity index (χ1n) is 7.62. The van der Waals surface area contributed by atoms with Crippen molar-refractivity contribution in [3.05, 3.63) is 65.2 Å². The van der Waals surface area contributed by atoms with Gasteiger partial charge in [-0.2, -0.15) is 0 Å². The van der Waals surface area contributed by atoms with E-state index in [-0.39, 0.29) is 17.1 Å². The average Bonchev–Trinajstić information content (AvgIpc) is 3.25. The number of hydrogen-bond donors (Lipinski definition) is 1. The molecule has 1 fully saturated rings. The minimum absolute atomic E-state index is 0.0343. The molecule has 3 nitrogen and oxygen atoms in total. The van der Waals surface area contributed by atoms with E-state index in [0.29, 0.717) is 6.54 Å². The topological polar surface area (TPSA) is 40.5 Å². The molecule has 2 aromatic carbocycles. The average molecular weight is 295 g/mol. The van der Waals surface area contributed by atoms with Crippen LogP contribution in [0.15, 0.2) is 48.5 Å². The van der Waals surface area contributed by atoms with Gasteiger partial charge in [0.2, 0.25) is 0 Å². The van der Waals surface area contributed by atoms with E-state index in [1.807, 2.05) is 24.3 Å². The zero-order valence-corrected chi connectivity index (χ0v) is 13.0. The van der Waals surface area contributed by atoms with Crippen LogP contribution in [0.1, 0.15) is 41.3 Å². The van der Waals surface area contributed by atoms with Crippen molar-refractivity contribution < 1.29 is 9.90 Å². The fourth-order valence-electron chi connectivity index (χ4n) is 2.86. The van der Waals surface area contributed by atoms with Crippen molar-refractivity contribution in [2.45, 2.75) is 31.7 Å². The summed E-state index contributed by atoms with van der Waals surface area (Å²) in [7, 11) is 1.80. The Labute approximate surface area is 131 Å². The molecule has 114 valence electrons. The number of amides is 1. The second kappa shape index (κ2) is 5.48. The zero-order valence-electron chi connectivity index (χ0n) is 13.0. The van der Waals surface area contributed by atoms with Crippen molar-refractivity contribution in [1.29, 1.82) is 0 Å². The number of hydrogen-bond acceptors (Lipinski definition) is 2. The van der Waals surface area contributed by atoms with Gasteiger partial charge in [-0.15, -0.1) is 0 Å². The summed E-state index contributed by atoms with van der Waals surface area (Å²) in [6, 6.07) is 14.9. The van der Waals surface area contributed by atoms with E-state index < -0.39 is 0 Å². The van der Waals surface area contributed by atoms with Gasteiger partial charge in [0.1, 0.15) is 5.75 Å². The number of rotatable bonds is 4. The largest absolute Gasteiger partial charge is 0.508 e. The SMILES string of the molecule is CN(Cc1cccc(O)c1)C(=O)c1ccccc1C1(C)CC1. The van der Waals surface area contributed by atoms with Crippen molar-refractivity contribution in [3.8, 4) is 5.75 Å². The smallest absolute Gasteiger partial charge is 0.254 e. The summed E-state index contributed by atoms with van der Waals surface area (Å²) in [6.45, 7) is 2.70. The molecule has 0 bridgehead atoms. The van der Waals surface area contributed by atoms with Gasteiger partial charge in [-0.05, 0) is 47.6 Å². The highest BCUT2D eigenvalue weighted by Crippen LogP contribution is 2.48. The summed E-state index contributed by atoms with van der Waals surface area (Å²) in [4.78, 5) is 14.5. The van der Waals surface area contributed by atoms with E-state index >= 15 is 0 Å². The van der Waals surface area contributed by atoms with E-state index in [2.05, 4.69) is 13.0 Å². The Morgan fingerprint density at radius 2 is 1.91 bits per heavy atom. The fourth-order valence-corrected chi connectivity index (χ4v) is 2.86. The highest BCUT2D eigenvalue weighted by molar-refractivity contribution is 5.96. The van der Waals surface area contributed by atoms with Crippen LogP contribution in [0.3, 0.4) is 0 Å². The van der Waals surface area contributed by atoms with E-state index in [9.17, 15) is 9.90 Å². The molecule has 1 aliphatic rings. The summed E-state index contributed by atoms with van der Waals surface area (Å²) < 4.78 is 0. The maximum atomic E-state index is 12.8. The summed E-state index contributed by atoms with van der Waals surface area (Å²) in [5.74, 6) is 0.260. The second-order valence-corrected chi connectivity index (χ2v) is 6.44. The van der Waals surface area contributed by atoms with Crippen molar-refractivity contribution in [3.63, 3.8) is 0 Å². The zero-order chi connectivity index (χ0) is 15.7. The Morgan fingerprint density at radius 1 is 1.18 bits per heavy atom. The number of carbonyl (C=O) groups excluding carboxylic acids is 1. The lowest BCUT2D eigenvalue weighted by Crippen LogP contribution is -2.28. The van der Waals surface area contributed by atoms with Gasteiger partial charge in [0.25, 0.3) is 5.91 Å². The molecule has 0 radical (unpaired) electrons. The monoisotopic (exact) mass is 295 g/mol. The number of phenolic OH excluding ortho intramolecular Hbond substituents is 1. The number of nitrogens with zero attached hydrogens (tertiary/aromatic N) is 1. The number of aromatic hydroxyl groups is 1. The predicted octanol–water partition coefficient (Wildman–Crippen LogP) is 3.72. The van der Waals surface area contributed by atoms with Crippen molar-refractivity contribution in [2.75, 3.05) is 7.05 Å². The third-order valence-corrected chi connectivity index (χ3v) is 4.48. The van der Waals surface area contributed by atoms with Crippen molar-refractivity contribution >= 4 is 5.91 Å². The molecule has 1 N–H and O–H groups in total. The molecule has 22 heavy (non-hydrogen) atoms. The first-order valence-corrected chi connectivity index (χ1v) is 7.62. The van der Waals surface area contributed by atoms with E-state index in [4.69, 9.17) is 0 Å². The van der Waals surface area contributed by atoms with Crippen molar-refractivity contribution in [1.82, 2.24) is 4.90 Å². The summed E-state index contributed by atoms with van der Waals surface area (Å²) in [5, 5.41) is 9.54. The molecule has 3 rings (SSSR count). The number of benzene rings is 2. The maximum absolute atomic E-state index is 12.8. The number of phenols is 1. The molecule has 0 atom stereocenters. The fraction of sp³-hybridized carbons (Fsp3) is 0.316. The highest BCUT2D eigenvalue weighted by Gasteiger charge is 2.41. The minimum atomic E-state index is 0.0343. The second-order valence-electron chi connectivity index (χ2n) is 6.44. The van der Waals surface area contributed by atoms with Crippen LogP contribution < -0.4 is 0 Å². The standard InChI is InChI=1S/C19H21NO2/c1-19(10-11-19)17-9-4-3-8-16(17)18(22)20(2)13-14-6-5-7-15(21)12-14/h3-9,12,21H,10-11,13H2,1-2H3. The Kier molecular flexibility index (Phi) is 3.65. The van der Waals surface area contributed by atoms with Gasteiger partial charge in [-0.3, -0.25) is 4.79 Å². The molecule has 1 aliphatic carbocycles. The molecule has 0 saturated heterocycles. The Balaban J connectivity index is 1.82. The molecule has 2 aromatic rings. The Hall–Kier alpha value is -2.29. The Morgan fingerprint density at radius 3 is 2.59 bits per heavy atom. The van der Waals surface area contributed by atoms with Crippen LogP contribution in [0.25, 0.3) is 0 Å². The van der Waals surface area contributed by atoms with E-state index in [0.717, 1.165) is 29.5 Å². The number of carbonyl (C=O) groups is 1. The van der Waals surface area contributed by atoms with Crippen LogP contribution >= 0.6 is 0 Å². The predicted molar refractivity (Wildman–Crippen MR) is 86.9 cm³/mol. The quantitative estimate of drug-likeness (QED) is 0.934. The summed E-state index contributed by atoms with van der Waals surface area (Å²) >= 11 is 0. The van der Waals surface area contributed by atoms with Gasteiger partial charge in [-0.1, -0.05) is 37.3 Å². The molecule has 0 aromatic heterocycles. The van der Waals surface area contributed by atoms with Gasteiger partial charge in [0.15, 0.2) is 0 Å². The first-order chi connectivity index (χ1) is 10.5. The highest BCUT2D eigenvalue weighted by atomic mass is 16.3. The van der Waals surface area contributed by atoms with Crippen molar-refractivity contribution in [2.24, 2.45) is 0 Å². The van der Waals surface area contributed by atoms with Gasteiger partial charge < -0.3 is 10.0 Å². The molecule has 0 spiro atoms. The lowest BCUT2D eigenvalue weighted by molar-refractivity contribution is 0.0783. The minimum Gasteiger partial charge on any atom is -0.508 e. The Bertz CT molecular complexity index is 704. The normalized spacial score (nSPS) is 15.4. The molecule has 0 heterocycles. The van der Waals surface area contributed by atoms with Crippen LogP contribution in [0.4, 0.5) is 0 Å². The molecule has 1 saturated carbocycles. The van der Waals surface area contributed by atoms with Crippen LogP contribution in [-0.4, -0.2) is 23.0 Å². The third-order valence-electron chi connectivity index (χ3n) is 4.48. The van der Waals surface area contributed by atoms with Crippen LogP contribution in [0.2, 0.25) is 0 Å². The molecule has 1 amide bonds. The molecule has 0 unspecified atom stereocenters. The van der Waals surface area contributed by atoms with Gasteiger partial charge in [0.05, 0.1) is 0 Å². The van der Waals surface area contributed by atoms with E-state index in [1.54, 1.807) is 30.1 Å². The maximum Gasteiger partial charge on any atom is 0.254 e. The van der Waals surface area contributed by atoms with Gasteiger partial charge in [0, 0.05) is 19.2 Å². The van der Waals surface area contributed by atoms with Crippen LogP contribution in [0, 0.1) is 0 Å². The van der Waals surface area contributed by atoms with Crippen LogP contribution in [-0.2, 0) is 12.0 Å². The van der Waals surface area contributed by atoms with Crippen LogP contribution in [0.5, 0.6) is 5.75 Å². The summed E-state index contributed by atoms with van der Waals surface area (Å²) in [6.07, 6.45) is 2.29. The molecule has 3 heteroatoms. The molecular weight excluding hydrogens is 274 g/mol. The molecule has 0 aliphatic heterocycles. The van der Waals surface area contributed by atoms with Gasteiger partial charge in [-0.25, -0.2) is 0 Å². The van der Waals surface area contributed by atoms with Gasteiger partial charge >= 0.3 is 0 Å². The first kappa shape index (κ1) is 14.6. The molecular formula is C19H21NO2. The third kappa shape index (κ3) is 2.84. The lowest BCUT2D eigenvalue weighted by Gasteiger charge is -2.21. The van der Waals surface area contributed by atoms with E-state index in [1.165, 1.54) is 0 Å².